The van der Waals surface area contributed by atoms with E-state index in [4.69, 9.17) is 9.84 Å². The molecule has 1 N–H and O–H groups in total. The molecule has 5 heteroatoms. The first-order valence-corrected chi connectivity index (χ1v) is 5.76. The van der Waals surface area contributed by atoms with Crippen molar-refractivity contribution in [2.24, 2.45) is 0 Å². The van der Waals surface area contributed by atoms with E-state index in [9.17, 15) is 9.59 Å². The van der Waals surface area contributed by atoms with Crippen molar-refractivity contribution in [3.63, 3.8) is 0 Å². The predicted molar refractivity (Wildman–Crippen MR) is 67.9 cm³/mol. The van der Waals surface area contributed by atoms with Gasteiger partial charge in [-0.1, -0.05) is 12.1 Å². The number of para-hydroxylation sites is 2. The largest absolute Gasteiger partial charge is 0.492 e. The number of ether oxygens (including phenoxy) is 1. The monoisotopic (exact) mass is 251 g/mol. The lowest BCUT2D eigenvalue weighted by atomic mass is 10.2. The fourth-order valence-corrected chi connectivity index (χ4v) is 1.53. The standard InChI is InChI=1S/C13H17NO4/c1-3-18-11-7-5-4-6-10(11)14(2)12(15)8-9-13(16)17/h4-7H,3,8-9H2,1-2H3,(H,16,17). The molecular weight excluding hydrogens is 234 g/mol. The van der Waals surface area contributed by atoms with Gasteiger partial charge < -0.3 is 14.7 Å². The van der Waals surface area contributed by atoms with Crippen LogP contribution in [0.4, 0.5) is 5.69 Å². The molecule has 0 aromatic heterocycles. The molecule has 0 aliphatic heterocycles. The third kappa shape index (κ3) is 3.76. The van der Waals surface area contributed by atoms with Gasteiger partial charge in [0.1, 0.15) is 5.75 Å². The molecular formula is C13H17NO4. The summed E-state index contributed by atoms with van der Waals surface area (Å²) in [6.45, 7) is 2.37. The second-order valence-electron chi connectivity index (χ2n) is 3.75. The Morgan fingerprint density at radius 3 is 2.56 bits per heavy atom. The quantitative estimate of drug-likeness (QED) is 0.838. The molecule has 0 aliphatic rings. The lowest BCUT2D eigenvalue weighted by molar-refractivity contribution is -0.138. The van der Waals surface area contributed by atoms with E-state index in [1.54, 1.807) is 25.2 Å². The molecule has 0 radical (unpaired) electrons. The lowest BCUT2D eigenvalue weighted by Gasteiger charge is -2.20. The molecule has 1 amide bonds. The van der Waals surface area contributed by atoms with Gasteiger partial charge in [0.05, 0.1) is 18.7 Å². The Balaban J connectivity index is 2.79. The average molecular weight is 251 g/mol. The fourth-order valence-electron chi connectivity index (χ4n) is 1.53. The number of carbonyl (C=O) groups is 2. The summed E-state index contributed by atoms with van der Waals surface area (Å²) in [5, 5.41) is 8.56. The zero-order valence-electron chi connectivity index (χ0n) is 10.5. The molecule has 0 aliphatic carbocycles. The third-order valence-corrected chi connectivity index (χ3v) is 2.45. The van der Waals surface area contributed by atoms with Gasteiger partial charge in [0, 0.05) is 13.5 Å². The molecule has 1 rings (SSSR count). The smallest absolute Gasteiger partial charge is 0.303 e. The molecule has 0 unspecified atom stereocenters. The Morgan fingerprint density at radius 2 is 1.94 bits per heavy atom. The Bertz CT molecular complexity index is 431. The zero-order chi connectivity index (χ0) is 13.5. The van der Waals surface area contributed by atoms with E-state index < -0.39 is 5.97 Å². The highest BCUT2D eigenvalue weighted by Gasteiger charge is 2.15. The van der Waals surface area contributed by atoms with Gasteiger partial charge in [0.25, 0.3) is 0 Å². The minimum atomic E-state index is -0.977. The molecule has 0 heterocycles. The van der Waals surface area contributed by atoms with E-state index >= 15 is 0 Å². The van der Waals surface area contributed by atoms with Gasteiger partial charge in [0.2, 0.25) is 5.91 Å². The molecule has 98 valence electrons. The van der Waals surface area contributed by atoms with Gasteiger partial charge in [-0.2, -0.15) is 0 Å². The van der Waals surface area contributed by atoms with E-state index in [2.05, 4.69) is 0 Å². The van der Waals surface area contributed by atoms with Crippen LogP contribution in [0.3, 0.4) is 0 Å². The lowest BCUT2D eigenvalue weighted by Crippen LogP contribution is -2.27. The van der Waals surface area contributed by atoms with Gasteiger partial charge in [-0.25, -0.2) is 0 Å². The summed E-state index contributed by atoms with van der Waals surface area (Å²) < 4.78 is 5.42. The normalized spacial score (nSPS) is 9.89. The number of benzene rings is 1. The highest BCUT2D eigenvalue weighted by molar-refractivity contribution is 5.95. The number of aliphatic carboxylic acids is 1. The van der Waals surface area contributed by atoms with Crippen molar-refractivity contribution < 1.29 is 19.4 Å². The fraction of sp³-hybridized carbons (Fsp3) is 0.385. The number of hydrogen-bond donors (Lipinski definition) is 1. The maximum Gasteiger partial charge on any atom is 0.303 e. The van der Waals surface area contributed by atoms with Crippen molar-refractivity contribution >= 4 is 17.6 Å². The van der Waals surface area contributed by atoms with Crippen LogP contribution in [0.1, 0.15) is 19.8 Å². The van der Waals surface area contributed by atoms with Crippen LogP contribution in [0.15, 0.2) is 24.3 Å². The maximum absolute atomic E-state index is 11.8. The van der Waals surface area contributed by atoms with E-state index in [0.717, 1.165) is 0 Å². The van der Waals surface area contributed by atoms with E-state index in [1.807, 2.05) is 13.0 Å². The highest BCUT2D eigenvalue weighted by atomic mass is 16.5. The second-order valence-corrected chi connectivity index (χ2v) is 3.75. The molecule has 0 atom stereocenters. The Labute approximate surface area is 106 Å². The molecule has 0 saturated carbocycles. The third-order valence-electron chi connectivity index (χ3n) is 2.45. The van der Waals surface area contributed by atoms with Gasteiger partial charge in [0.15, 0.2) is 0 Å². The molecule has 0 fully saturated rings. The van der Waals surface area contributed by atoms with Crippen molar-refractivity contribution in [1.29, 1.82) is 0 Å². The van der Waals surface area contributed by atoms with E-state index in [0.29, 0.717) is 18.0 Å². The summed E-state index contributed by atoms with van der Waals surface area (Å²) in [5.74, 6) is -0.606. The molecule has 0 saturated heterocycles. The second kappa shape index (κ2) is 6.64. The van der Waals surface area contributed by atoms with Crippen LogP contribution < -0.4 is 9.64 Å². The molecule has 1 aromatic rings. The summed E-state index contributed by atoms with van der Waals surface area (Å²) >= 11 is 0. The summed E-state index contributed by atoms with van der Waals surface area (Å²) in [6.07, 6.45) is -0.188. The van der Waals surface area contributed by atoms with Crippen molar-refractivity contribution in [2.45, 2.75) is 19.8 Å². The molecule has 18 heavy (non-hydrogen) atoms. The van der Waals surface area contributed by atoms with Crippen molar-refractivity contribution in [1.82, 2.24) is 0 Å². The van der Waals surface area contributed by atoms with Crippen LogP contribution in [0.25, 0.3) is 0 Å². The molecule has 0 bridgehead atoms. The topological polar surface area (TPSA) is 66.8 Å². The number of carboxylic acids is 1. The van der Waals surface area contributed by atoms with E-state index in [1.165, 1.54) is 4.90 Å². The van der Waals surface area contributed by atoms with Crippen LogP contribution in [0.2, 0.25) is 0 Å². The first-order chi connectivity index (χ1) is 8.56. The molecule has 0 spiro atoms. The Kier molecular flexibility index (Phi) is 5.17. The maximum atomic E-state index is 11.8. The van der Waals surface area contributed by atoms with Gasteiger partial charge in [-0.05, 0) is 19.1 Å². The Hall–Kier alpha value is -2.04. The van der Waals surface area contributed by atoms with Crippen LogP contribution in [0, 0.1) is 0 Å². The van der Waals surface area contributed by atoms with Gasteiger partial charge in [-0.3, -0.25) is 9.59 Å². The molecule has 5 nitrogen and oxygen atoms in total. The van der Waals surface area contributed by atoms with Gasteiger partial charge >= 0.3 is 5.97 Å². The summed E-state index contributed by atoms with van der Waals surface area (Å²) in [4.78, 5) is 23.7. The summed E-state index contributed by atoms with van der Waals surface area (Å²) in [6, 6.07) is 7.17. The Morgan fingerprint density at radius 1 is 1.28 bits per heavy atom. The van der Waals surface area contributed by atoms with Crippen LogP contribution >= 0.6 is 0 Å². The van der Waals surface area contributed by atoms with Gasteiger partial charge in [-0.15, -0.1) is 0 Å². The minimum absolute atomic E-state index is 0.0215. The number of carbonyl (C=O) groups excluding carboxylic acids is 1. The van der Waals surface area contributed by atoms with Crippen LogP contribution in [0.5, 0.6) is 5.75 Å². The number of amides is 1. The SMILES string of the molecule is CCOc1ccccc1N(C)C(=O)CCC(=O)O. The summed E-state index contributed by atoms with van der Waals surface area (Å²) in [5.41, 5.74) is 0.648. The van der Waals surface area contributed by atoms with Crippen molar-refractivity contribution in [3.8, 4) is 5.75 Å². The first kappa shape index (κ1) is 14.0. The summed E-state index contributed by atoms with van der Waals surface area (Å²) in [7, 11) is 1.61. The first-order valence-electron chi connectivity index (χ1n) is 5.76. The average Bonchev–Trinajstić information content (AvgIpc) is 2.36. The van der Waals surface area contributed by atoms with Crippen molar-refractivity contribution in [3.05, 3.63) is 24.3 Å². The zero-order valence-corrected chi connectivity index (χ0v) is 10.5. The minimum Gasteiger partial charge on any atom is -0.492 e. The van der Waals surface area contributed by atoms with Crippen LogP contribution in [-0.4, -0.2) is 30.6 Å². The van der Waals surface area contributed by atoms with Crippen LogP contribution in [-0.2, 0) is 9.59 Å². The highest BCUT2D eigenvalue weighted by Crippen LogP contribution is 2.27. The van der Waals surface area contributed by atoms with Crippen molar-refractivity contribution in [2.75, 3.05) is 18.6 Å². The number of rotatable bonds is 6. The number of carboxylic acid groups (broad SMARTS) is 1. The van der Waals surface area contributed by atoms with E-state index in [-0.39, 0.29) is 18.7 Å². The molecule has 1 aromatic carbocycles. The number of anilines is 1. The number of hydrogen-bond acceptors (Lipinski definition) is 3. The number of nitrogens with zero attached hydrogens (tertiary/aromatic N) is 1. The predicted octanol–water partition coefficient (Wildman–Crippen LogP) is 1.91.